The zero-order valence-electron chi connectivity index (χ0n) is 11.1. The van der Waals surface area contributed by atoms with Crippen LogP contribution in [0.15, 0.2) is 0 Å². The Labute approximate surface area is 100 Å². The average Bonchev–Trinajstić information content (AvgIpc) is 2.22. The van der Waals surface area contributed by atoms with E-state index in [1.54, 1.807) is 0 Å². The first-order valence-electron chi connectivity index (χ1n) is 6.94. The Morgan fingerprint density at radius 1 is 1.25 bits per heavy atom. The molecule has 2 aliphatic carbocycles. The maximum absolute atomic E-state index is 6.00. The fraction of sp³-hybridized carbons (Fsp3) is 1.00. The third-order valence-electron chi connectivity index (χ3n) is 4.90. The molecule has 16 heavy (non-hydrogen) atoms. The second-order valence-electron chi connectivity index (χ2n) is 5.93. The lowest BCUT2D eigenvalue weighted by atomic mass is 9.66. The van der Waals surface area contributed by atoms with Gasteiger partial charge in [0.25, 0.3) is 0 Å². The Morgan fingerprint density at radius 3 is 2.44 bits per heavy atom. The van der Waals surface area contributed by atoms with E-state index in [-0.39, 0.29) is 5.60 Å². The van der Waals surface area contributed by atoms with Crippen molar-refractivity contribution >= 4 is 0 Å². The minimum Gasteiger partial charge on any atom is -0.377 e. The Kier molecular flexibility index (Phi) is 3.91. The summed E-state index contributed by atoms with van der Waals surface area (Å²) in [6, 6.07) is 0.578. The largest absolute Gasteiger partial charge is 0.377 e. The predicted molar refractivity (Wildman–Crippen MR) is 67.6 cm³/mol. The molecule has 0 aromatic heterocycles. The van der Waals surface area contributed by atoms with Gasteiger partial charge in [-0.05, 0) is 44.6 Å². The molecule has 0 radical (unpaired) electrons. The zero-order valence-corrected chi connectivity index (χ0v) is 11.1. The smallest absolute Gasteiger partial charge is 0.0836 e. The summed E-state index contributed by atoms with van der Waals surface area (Å²) in [6.07, 6.45) is 9.40. The lowest BCUT2D eigenvalue weighted by Gasteiger charge is -2.49. The van der Waals surface area contributed by atoms with Crippen LogP contribution in [0, 0.1) is 11.8 Å². The number of likely N-dealkylation sites (N-methyl/N-ethyl adjacent to an activating group) is 1. The molecule has 0 bridgehead atoms. The van der Waals surface area contributed by atoms with Crippen LogP contribution in [0.3, 0.4) is 0 Å². The van der Waals surface area contributed by atoms with Crippen LogP contribution >= 0.6 is 0 Å². The van der Waals surface area contributed by atoms with Gasteiger partial charge in [0.1, 0.15) is 0 Å². The van der Waals surface area contributed by atoms with Gasteiger partial charge in [0.15, 0.2) is 0 Å². The summed E-state index contributed by atoms with van der Waals surface area (Å²) in [6.45, 7) is 2.38. The lowest BCUT2D eigenvalue weighted by Crippen LogP contribution is -2.58. The van der Waals surface area contributed by atoms with Crippen LogP contribution in [0.25, 0.3) is 0 Å². The third kappa shape index (κ3) is 2.14. The summed E-state index contributed by atoms with van der Waals surface area (Å²) in [4.78, 5) is 0. The fourth-order valence-corrected chi connectivity index (χ4v) is 3.84. The van der Waals surface area contributed by atoms with E-state index in [1.807, 2.05) is 7.11 Å². The number of nitrogens with one attached hydrogen (secondary N) is 1. The molecular weight excluding hydrogens is 198 g/mol. The van der Waals surface area contributed by atoms with E-state index < -0.39 is 0 Å². The maximum Gasteiger partial charge on any atom is 0.0836 e. The summed E-state index contributed by atoms with van der Waals surface area (Å²) in [5.74, 6) is 1.68. The Hall–Kier alpha value is -0.0800. The molecule has 0 aliphatic heterocycles. The van der Waals surface area contributed by atoms with Crippen molar-refractivity contribution in [3.8, 4) is 0 Å². The SMILES string of the molecule is CNC(C1CCC1)C1(OC)CCCC(C)C1. The highest BCUT2D eigenvalue weighted by atomic mass is 16.5. The summed E-state index contributed by atoms with van der Waals surface area (Å²) < 4.78 is 6.00. The number of rotatable bonds is 4. The molecule has 3 unspecified atom stereocenters. The molecule has 1 N–H and O–H groups in total. The van der Waals surface area contributed by atoms with Crippen LogP contribution in [-0.2, 0) is 4.74 Å². The molecule has 2 aliphatic rings. The van der Waals surface area contributed by atoms with Gasteiger partial charge in [-0.15, -0.1) is 0 Å². The molecule has 0 heterocycles. The van der Waals surface area contributed by atoms with Gasteiger partial charge in [-0.2, -0.15) is 0 Å². The van der Waals surface area contributed by atoms with E-state index in [2.05, 4.69) is 19.3 Å². The van der Waals surface area contributed by atoms with Gasteiger partial charge < -0.3 is 10.1 Å². The molecule has 0 aromatic rings. The van der Waals surface area contributed by atoms with Crippen molar-refractivity contribution in [1.82, 2.24) is 5.32 Å². The van der Waals surface area contributed by atoms with Crippen LogP contribution in [0.4, 0.5) is 0 Å². The van der Waals surface area contributed by atoms with E-state index in [0.29, 0.717) is 6.04 Å². The quantitative estimate of drug-likeness (QED) is 0.794. The van der Waals surface area contributed by atoms with Crippen LogP contribution in [0.2, 0.25) is 0 Å². The Morgan fingerprint density at radius 2 is 2.00 bits per heavy atom. The van der Waals surface area contributed by atoms with Gasteiger partial charge in [0.2, 0.25) is 0 Å². The van der Waals surface area contributed by atoms with Gasteiger partial charge in [-0.25, -0.2) is 0 Å². The van der Waals surface area contributed by atoms with Gasteiger partial charge in [0, 0.05) is 13.2 Å². The van der Waals surface area contributed by atoms with Crippen LogP contribution in [0.5, 0.6) is 0 Å². The van der Waals surface area contributed by atoms with Crippen molar-refractivity contribution in [2.45, 2.75) is 63.5 Å². The topological polar surface area (TPSA) is 21.3 Å². The highest BCUT2D eigenvalue weighted by molar-refractivity contribution is 5.01. The van der Waals surface area contributed by atoms with E-state index in [4.69, 9.17) is 4.74 Å². The second-order valence-corrected chi connectivity index (χ2v) is 5.93. The summed E-state index contributed by atoms with van der Waals surface area (Å²) in [7, 11) is 4.03. The monoisotopic (exact) mass is 225 g/mol. The fourth-order valence-electron chi connectivity index (χ4n) is 3.84. The van der Waals surface area contributed by atoms with E-state index >= 15 is 0 Å². The molecular formula is C14H27NO. The first kappa shape index (κ1) is 12.4. The number of ether oxygens (including phenoxy) is 1. The summed E-state index contributed by atoms with van der Waals surface area (Å²) in [5, 5.41) is 3.56. The van der Waals surface area contributed by atoms with Crippen LogP contribution in [-0.4, -0.2) is 25.8 Å². The van der Waals surface area contributed by atoms with Gasteiger partial charge in [-0.3, -0.25) is 0 Å². The third-order valence-corrected chi connectivity index (χ3v) is 4.90. The summed E-state index contributed by atoms with van der Waals surface area (Å²) >= 11 is 0. The highest BCUT2D eigenvalue weighted by Crippen LogP contribution is 2.43. The minimum absolute atomic E-state index is 0.123. The van der Waals surface area contributed by atoms with Crippen molar-refractivity contribution in [2.75, 3.05) is 14.2 Å². The zero-order chi connectivity index (χ0) is 11.6. The summed E-state index contributed by atoms with van der Waals surface area (Å²) in [5.41, 5.74) is 0.123. The van der Waals surface area contributed by atoms with Crippen LogP contribution < -0.4 is 5.32 Å². The van der Waals surface area contributed by atoms with Crippen molar-refractivity contribution in [1.29, 1.82) is 0 Å². The van der Waals surface area contributed by atoms with E-state index in [9.17, 15) is 0 Å². The first-order valence-corrected chi connectivity index (χ1v) is 6.94. The number of methoxy groups -OCH3 is 1. The molecule has 0 saturated heterocycles. The molecule has 2 heteroatoms. The molecule has 2 rings (SSSR count). The van der Waals surface area contributed by atoms with E-state index in [1.165, 1.54) is 44.9 Å². The lowest BCUT2D eigenvalue weighted by molar-refractivity contribution is -0.0987. The Balaban J connectivity index is 2.10. The van der Waals surface area contributed by atoms with Crippen LogP contribution in [0.1, 0.15) is 51.9 Å². The normalized spacial score (nSPS) is 38.1. The first-order chi connectivity index (χ1) is 7.72. The van der Waals surface area contributed by atoms with Gasteiger partial charge in [-0.1, -0.05) is 26.2 Å². The standard InChI is InChI=1S/C14H27NO/c1-11-6-5-9-14(10-11,16-3)13(15-2)12-7-4-8-12/h11-13,15H,4-10H2,1-3H3. The average molecular weight is 225 g/mol. The van der Waals surface area contributed by atoms with Crippen molar-refractivity contribution in [3.63, 3.8) is 0 Å². The molecule has 2 saturated carbocycles. The minimum atomic E-state index is 0.123. The van der Waals surface area contributed by atoms with E-state index in [0.717, 1.165) is 11.8 Å². The molecule has 3 atom stereocenters. The Bertz CT molecular complexity index is 227. The highest BCUT2D eigenvalue weighted by Gasteiger charge is 2.46. The van der Waals surface area contributed by atoms with Gasteiger partial charge in [0.05, 0.1) is 5.60 Å². The molecule has 0 amide bonds. The molecule has 94 valence electrons. The van der Waals surface area contributed by atoms with Gasteiger partial charge >= 0.3 is 0 Å². The van der Waals surface area contributed by atoms with Crippen molar-refractivity contribution in [2.24, 2.45) is 11.8 Å². The van der Waals surface area contributed by atoms with Crippen molar-refractivity contribution in [3.05, 3.63) is 0 Å². The second kappa shape index (κ2) is 5.05. The molecule has 2 fully saturated rings. The molecule has 0 aromatic carbocycles. The molecule has 0 spiro atoms. The molecule has 2 nitrogen and oxygen atoms in total. The number of hydrogen-bond donors (Lipinski definition) is 1. The van der Waals surface area contributed by atoms with Crippen molar-refractivity contribution < 1.29 is 4.74 Å². The predicted octanol–water partition coefficient (Wildman–Crippen LogP) is 2.97. The maximum atomic E-state index is 6.00. The number of hydrogen-bond acceptors (Lipinski definition) is 2.